The largest absolute Gasteiger partial charge is 0.573 e. The van der Waals surface area contributed by atoms with Crippen molar-refractivity contribution in [2.75, 3.05) is 39.4 Å². The molecule has 192 valence electrons. The Bertz CT molecular complexity index is 1210. The third kappa shape index (κ3) is 5.16. The van der Waals surface area contributed by atoms with Crippen LogP contribution in [-0.4, -0.2) is 74.8 Å². The normalized spacial score (nSPS) is 18.0. The molecule has 1 atom stereocenters. The first-order valence-corrected chi connectivity index (χ1v) is 13.0. The fourth-order valence-corrected chi connectivity index (χ4v) is 5.98. The lowest BCUT2D eigenvalue weighted by molar-refractivity contribution is -0.274. The van der Waals surface area contributed by atoms with Gasteiger partial charge in [0.05, 0.1) is 35.6 Å². The number of nitrogens with zero attached hydrogens (tertiary/aromatic N) is 3. The topological polar surface area (TPSA) is 103 Å². The molecule has 0 bridgehead atoms. The second-order valence-corrected chi connectivity index (χ2v) is 10.3. The molecule has 0 saturated carbocycles. The van der Waals surface area contributed by atoms with Crippen molar-refractivity contribution in [3.8, 4) is 17.0 Å². The highest BCUT2D eigenvalue weighted by Gasteiger charge is 2.39. The average molecular weight is 517 g/mol. The molecule has 35 heavy (non-hydrogen) atoms. The van der Waals surface area contributed by atoms with Crippen molar-refractivity contribution in [3.63, 3.8) is 0 Å². The third-order valence-electron chi connectivity index (χ3n) is 6.07. The molecule has 13 heteroatoms. The summed E-state index contributed by atoms with van der Waals surface area (Å²) in [6.45, 7) is 6.56. The number of benzene rings is 1. The van der Waals surface area contributed by atoms with Gasteiger partial charge in [0.15, 0.2) is 15.5 Å². The highest BCUT2D eigenvalue weighted by Crippen LogP contribution is 2.43. The first-order chi connectivity index (χ1) is 16.6. The molecule has 0 spiro atoms. The highest BCUT2D eigenvalue weighted by molar-refractivity contribution is 7.90. The van der Waals surface area contributed by atoms with Gasteiger partial charge in [-0.05, 0) is 31.2 Å². The number of amides is 1. The molecule has 0 aliphatic carbocycles. The summed E-state index contributed by atoms with van der Waals surface area (Å²) in [7, 11) is -4.07. The van der Waals surface area contributed by atoms with Gasteiger partial charge >= 0.3 is 6.36 Å². The molecule has 1 amide bonds. The Morgan fingerprint density at radius 3 is 2.60 bits per heavy atom. The minimum atomic E-state index is -4.96. The number of alkyl halides is 3. The van der Waals surface area contributed by atoms with Crippen molar-refractivity contribution < 1.29 is 35.9 Å². The highest BCUT2D eigenvalue weighted by atomic mass is 32.2. The number of hydrogen-bond acceptors (Lipinski definition) is 7. The van der Waals surface area contributed by atoms with E-state index in [1.807, 2.05) is 13.8 Å². The number of morpholine rings is 1. The fourth-order valence-electron chi connectivity index (χ4n) is 4.38. The maximum Gasteiger partial charge on any atom is 0.573 e. The molecule has 3 heterocycles. The number of carbonyl (C=O) groups excluding carboxylic acids is 1. The molecular weight excluding hydrogens is 489 g/mol. The molecular formula is C22H27F3N4O5S. The molecule has 2 aliphatic rings. The summed E-state index contributed by atoms with van der Waals surface area (Å²) in [6, 6.07) is 3.03. The number of ether oxygens (including phenoxy) is 2. The Morgan fingerprint density at radius 1 is 1.26 bits per heavy atom. The smallest absolute Gasteiger partial charge is 0.406 e. The van der Waals surface area contributed by atoms with Crippen LogP contribution < -0.4 is 10.1 Å². The number of halogens is 3. The standard InChI is InChI=1S/C22H27F3N4O5S/c1-3-14(12-26-4-2)29-20-16-6-5-15(34-22(23,24)25)11-18(16)35(31,32)13-17(20)19(27-29)21(30)28-7-9-33-10-8-28/h5-6,11,14,26H,3-4,7-10,12-13H2,1-2H3. The summed E-state index contributed by atoms with van der Waals surface area (Å²) in [5, 5.41) is 7.85. The van der Waals surface area contributed by atoms with Crippen molar-refractivity contribution in [3.05, 3.63) is 29.5 Å². The lowest BCUT2D eigenvalue weighted by Gasteiger charge is -2.26. The van der Waals surface area contributed by atoms with Crippen molar-refractivity contribution in [1.29, 1.82) is 0 Å². The molecule has 1 fully saturated rings. The Morgan fingerprint density at radius 2 is 1.97 bits per heavy atom. The number of carbonyl (C=O) groups is 1. The van der Waals surface area contributed by atoms with Crippen LogP contribution in [-0.2, 0) is 20.3 Å². The quantitative estimate of drug-likeness (QED) is 0.604. The molecule has 1 saturated heterocycles. The Hall–Kier alpha value is -2.64. The number of rotatable bonds is 7. The van der Waals surface area contributed by atoms with Gasteiger partial charge in [-0.2, -0.15) is 5.10 Å². The number of nitrogens with one attached hydrogen (secondary N) is 1. The van der Waals surface area contributed by atoms with Crippen LogP contribution in [0.25, 0.3) is 11.3 Å². The summed E-state index contributed by atoms with van der Waals surface area (Å²) in [4.78, 5) is 14.7. The van der Waals surface area contributed by atoms with E-state index in [1.165, 1.54) is 6.07 Å². The zero-order valence-electron chi connectivity index (χ0n) is 19.4. The van der Waals surface area contributed by atoms with Gasteiger partial charge in [0, 0.05) is 30.8 Å². The Kier molecular flexibility index (Phi) is 7.11. The minimum absolute atomic E-state index is 0.0432. The van der Waals surface area contributed by atoms with Crippen LogP contribution in [0.5, 0.6) is 5.75 Å². The van der Waals surface area contributed by atoms with E-state index in [1.54, 1.807) is 9.58 Å². The van der Waals surface area contributed by atoms with E-state index in [4.69, 9.17) is 4.74 Å². The van der Waals surface area contributed by atoms with Crippen LogP contribution in [0.1, 0.15) is 42.4 Å². The van der Waals surface area contributed by atoms with E-state index in [9.17, 15) is 26.4 Å². The van der Waals surface area contributed by atoms with Gasteiger partial charge in [-0.25, -0.2) is 8.42 Å². The Labute approximate surface area is 201 Å². The molecule has 2 aliphatic heterocycles. The molecule has 1 aromatic carbocycles. The molecule has 2 aromatic rings. The minimum Gasteiger partial charge on any atom is -0.406 e. The third-order valence-corrected chi connectivity index (χ3v) is 7.74. The van der Waals surface area contributed by atoms with E-state index in [0.717, 1.165) is 12.1 Å². The zero-order valence-corrected chi connectivity index (χ0v) is 20.2. The van der Waals surface area contributed by atoms with Gasteiger partial charge in [-0.3, -0.25) is 9.48 Å². The number of aromatic nitrogens is 2. The summed E-state index contributed by atoms with van der Waals surface area (Å²) < 4.78 is 75.6. The van der Waals surface area contributed by atoms with Crippen LogP contribution >= 0.6 is 0 Å². The monoisotopic (exact) mass is 516 g/mol. The number of hydrogen-bond donors (Lipinski definition) is 1. The molecule has 0 radical (unpaired) electrons. The Balaban J connectivity index is 1.88. The molecule has 1 aromatic heterocycles. The first-order valence-electron chi connectivity index (χ1n) is 11.4. The predicted molar refractivity (Wildman–Crippen MR) is 120 cm³/mol. The van der Waals surface area contributed by atoms with Gasteiger partial charge in [-0.15, -0.1) is 13.2 Å². The summed E-state index contributed by atoms with van der Waals surface area (Å²) in [5.41, 5.74) is 0.925. The first kappa shape index (κ1) is 25.5. The van der Waals surface area contributed by atoms with Gasteiger partial charge in [0.1, 0.15) is 5.75 Å². The second kappa shape index (κ2) is 9.78. The van der Waals surface area contributed by atoms with Crippen LogP contribution in [0.3, 0.4) is 0 Å². The number of likely N-dealkylation sites (N-methyl/N-ethyl adjacent to an activating group) is 1. The fraction of sp³-hybridized carbons (Fsp3) is 0.545. The summed E-state index contributed by atoms with van der Waals surface area (Å²) in [6.07, 6.45) is -4.33. The van der Waals surface area contributed by atoms with Crippen molar-refractivity contribution >= 4 is 15.7 Å². The van der Waals surface area contributed by atoms with Crippen LogP contribution in [0.4, 0.5) is 13.2 Å². The zero-order chi connectivity index (χ0) is 25.4. The number of fused-ring (bicyclic) bond motifs is 3. The van der Waals surface area contributed by atoms with Crippen molar-refractivity contribution in [1.82, 2.24) is 20.0 Å². The van der Waals surface area contributed by atoms with E-state index in [2.05, 4.69) is 15.2 Å². The van der Waals surface area contributed by atoms with E-state index >= 15 is 0 Å². The van der Waals surface area contributed by atoms with Crippen molar-refractivity contribution in [2.24, 2.45) is 0 Å². The lowest BCUT2D eigenvalue weighted by atomic mass is 10.0. The maximum atomic E-state index is 13.4. The molecule has 1 unspecified atom stereocenters. The van der Waals surface area contributed by atoms with Crippen LogP contribution in [0.15, 0.2) is 23.1 Å². The SMILES string of the molecule is CCNCC(CC)n1nc(C(=O)N2CCOCC2)c2c1-c1ccc(OC(F)(F)F)cc1S(=O)(=O)C2. The van der Waals surface area contributed by atoms with Gasteiger partial charge in [-0.1, -0.05) is 13.8 Å². The van der Waals surface area contributed by atoms with E-state index < -0.39 is 33.6 Å². The van der Waals surface area contributed by atoms with Crippen molar-refractivity contribution in [2.45, 2.75) is 43.3 Å². The van der Waals surface area contributed by atoms with E-state index in [0.29, 0.717) is 51.5 Å². The average Bonchev–Trinajstić information content (AvgIpc) is 3.17. The van der Waals surface area contributed by atoms with Gasteiger partial charge < -0.3 is 19.7 Å². The lowest BCUT2D eigenvalue weighted by Crippen LogP contribution is -2.41. The molecule has 1 N–H and O–H groups in total. The summed E-state index contributed by atoms with van der Waals surface area (Å²) >= 11 is 0. The van der Waals surface area contributed by atoms with E-state index in [-0.39, 0.29) is 27.8 Å². The van der Waals surface area contributed by atoms with Gasteiger partial charge in [0.2, 0.25) is 0 Å². The molecule has 4 rings (SSSR count). The van der Waals surface area contributed by atoms with Gasteiger partial charge in [0.25, 0.3) is 5.91 Å². The molecule has 9 nitrogen and oxygen atoms in total. The second-order valence-electron chi connectivity index (χ2n) is 8.36. The summed E-state index contributed by atoms with van der Waals surface area (Å²) in [5.74, 6) is -1.57. The maximum absolute atomic E-state index is 13.4. The number of sulfone groups is 1. The van der Waals surface area contributed by atoms with Crippen LogP contribution in [0.2, 0.25) is 0 Å². The van der Waals surface area contributed by atoms with Crippen LogP contribution in [0, 0.1) is 0 Å². The predicted octanol–water partition coefficient (Wildman–Crippen LogP) is 2.77.